The molecule has 136 valence electrons. The van der Waals surface area contributed by atoms with Crippen LogP contribution < -0.4 is 4.90 Å². The standard InChI is InChI=1S/C19H27BFNO3/c1-14(17(21)20-24-18(2,3)19(4,5)25-20)15-6-8-16(9-7-15)22-10-12-23-13-11-22/h6-9H,10-13H2,1-5H3. The van der Waals surface area contributed by atoms with Crippen LogP contribution in [0.5, 0.6) is 0 Å². The molecule has 2 aliphatic rings. The minimum Gasteiger partial charge on any atom is -0.398 e. The van der Waals surface area contributed by atoms with Crippen LogP contribution in [0.1, 0.15) is 40.2 Å². The Bertz CT molecular complexity index is 635. The van der Waals surface area contributed by atoms with Crippen molar-refractivity contribution in [3.05, 3.63) is 35.6 Å². The van der Waals surface area contributed by atoms with E-state index in [0.717, 1.165) is 37.6 Å². The molecule has 0 spiro atoms. The molecule has 25 heavy (non-hydrogen) atoms. The predicted octanol–water partition coefficient (Wildman–Crippen LogP) is 3.86. The summed E-state index contributed by atoms with van der Waals surface area (Å²) >= 11 is 0. The molecule has 0 atom stereocenters. The molecule has 0 radical (unpaired) electrons. The number of halogens is 1. The Labute approximate surface area is 150 Å². The number of hydrogen-bond donors (Lipinski definition) is 0. The highest BCUT2D eigenvalue weighted by Gasteiger charge is 2.53. The van der Waals surface area contributed by atoms with Crippen LogP contribution >= 0.6 is 0 Å². The zero-order valence-corrected chi connectivity index (χ0v) is 15.8. The molecule has 3 rings (SSSR count). The van der Waals surface area contributed by atoms with Crippen molar-refractivity contribution in [1.29, 1.82) is 0 Å². The second-order valence-corrected chi connectivity index (χ2v) is 7.71. The first kappa shape index (κ1) is 18.4. The fraction of sp³-hybridized carbons (Fsp3) is 0.579. The number of rotatable bonds is 3. The SMILES string of the molecule is CC(=C(F)B1OC(C)(C)C(C)(C)O1)c1ccc(N2CCOCC2)cc1. The van der Waals surface area contributed by atoms with Crippen molar-refractivity contribution in [2.45, 2.75) is 45.8 Å². The summed E-state index contributed by atoms with van der Waals surface area (Å²) in [6.07, 6.45) is 0. The molecule has 0 N–H and O–H groups in total. The zero-order chi connectivity index (χ0) is 18.2. The minimum atomic E-state index is -0.955. The summed E-state index contributed by atoms with van der Waals surface area (Å²) in [6.45, 7) is 12.7. The minimum absolute atomic E-state index is 0.363. The predicted molar refractivity (Wildman–Crippen MR) is 99.3 cm³/mol. The Balaban J connectivity index is 1.77. The van der Waals surface area contributed by atoms with Crippen molar-refractivity contribution < 1.29 is 18.4 Å². The molecule has 0 saturated carbocycles. The van der Waals surface area contributed by atoms with E-state index in [4.69, 9.17) is 14.0 Å². The number of allylic oxidation sites excluding steroid dienone is 1. The van der Waals surface area contributed by atoms with Gasteiger partial charge in [0.05, 0.1) is 24.4 Å². The van der Waals surface area contributed by atoms with Gasteiger partial charge in [-0.15, -0.1) is 0 Å². The summed E-state index contributed by atoms with van der Waals surface area (Å²) in [5.41, 5.74) is 1.07. The van der Waals surface area contributed by atoms with E-state index in [9.17, 15) is 4.39 Å². The maximum atomic E-state index is 14.9. The van der Waals surface area contributed by atoms with Crippen LogP contribution in [-0.4, -0.2) is 44.6 Å². The summed E-state index contributed by atoms with van der Waals surface area (Å²) in [5.74, 6) is 0. The molecule has 0 bridgehead atoms. The van der Waals surface area contributed by atoms with Crippen molar-refractivity contribution in [3.63, 3.8) is 0 Å². The lowest BCUT2D eigenvalue weighted by molar-refractivity contribution is 0.00578. The van der Waals surface area contributed by atoms with Gasteiger partial charge >= 0.3 is 7.12 Å². The van der Waals surface area contributed by atoms with Crippen LogP contribution in [0.3, 0.4) is 0 Å². The first-order chi connectivity index (χ1) is 11.7. The molecule has 6 heteroatoms. The summed E-state index contributed by atoms with van der Waals surface area (Å²) in [7, 11) is -0.955. The third kappa shape index (κ3) is 3.61. The quantitative estimate of drug-likeness (QED) is 0.777. The van der Waals surface area contributed by atoms with Crippen molar-refractivity contribution in [2.24, 2.45) is 0 Å². The highest BCUT2D eigenvalue weighted by Crippen LogP contribution is 2.40. The van der Waals surface area contributed by atoms with E-state index in [1.54, 1.807) is 6.92 Å². The van der Waals surface area contributed by atoms with Gasteiger partial charge in [-0.3, -0.25) is 0 Å². The third-order valence-electron chi connectivity index (χ3n) is 5.49. The zero-order valence-electron chi connectivity index (χ0n) is 15.8. The van der Waals surface area contributed by atoms with Crippen LogP contribution in [0.15, 0.2) is 30.0 Å². The number of anilines is 1. The molecule has 0 aromatic heterocycles. The van der Waals surface area contributed by atoms with E-state index in [2.05, 4.69) is 4.90 Å². The van der Waals surface area contributed by atoms with Gasteiger partial charge in [0.15, 0.2) is 0 Å². The second-order valence-electron chi connectivity index (χ2n) is 7.71. The molecular formula is C19H27BFNO3. The van der Waals surface area contributed by atoms with Crippen LogP contribution in [0.2, 0.25) is 0 Å². The van der Waals surface area contributed by atoms with Gasteiger partial charge in [0.25, 0.3) is 0 Å². The Morgan fingerprint density at radius 2 is 1.52 bits per heavy atom. The van der Waals surface area contributed by atoms with E-state index < -0.39 is 18.3 Å². The van der Waals surface area contributed by atoms with E-state index >= 15 is 0 Å². The lowest BCUT2D eigenvalue weighted by Gasteiger charge is -2.32. The monoisotopic (exact) mass is 347 g/mol. The Morgan fingerprint density at radius 1 is 1.00 bits per heavy atom. The van der Waals surface area contributed by atoms with Crippen LogP contribution in [0, 0.1) is 0 Å². The largest absolute Gasteiger partial charge is 0.525 e. The van der Waals surface area contributed by atoms with E-state index in [-0.39, 0.29) is 5.73 Å². The van der Waals surface area contributed by atoms with E-state index in [0.29, 0.717) is 5.57 Å². The maximum absolute atomic E-state index is 14.9. The average Bonchev–Trinajstić information content (AvgIpc) is 2.82. The van der Waals surface area contributed by atoms with Crippen molar-refractivity contribution in [3.8, 4) is 0 Å². The maximum Gasteiger partial charge on any atom is 0.525 e. The van der Waals surface area contributed by atoms with Gasteiger partial charge in [-0.25, -0.2) is 4.39 Å². The summed E-state index contributed by atoms with van der Waals surface area (Å²) in [4.78, 5) is 2.27. The van der Waals surface area contributed by atoms with Crippen molar-refractivity contribution in [1.82, 2.24) is 0 Å². The second kappa shape index (κ2) is 6.74. The average molecular weight is 347 g/mol. The lowest BCUT2D eigenvalue weighted by Crippen LogP contribution is -2.41. The molecule has 0 unspecified atom stereocenters. The highest BCUT2D eigenvalue weighted by atomic mass is 19.1. The van der Waals surface area contributed by atoms with Crippen LogP contribution in [0.25, 0.3) is 5.57 Å². The van der Waals surface area contributed by atoms with Crippen molar-refractivity contribution in [2.75, 3.05) is 31.2 Å². The first-order valence-corrected chi connectivity index (χ1v) is 8.86. The summed E-state index contributed by atoms with van der Waals surface area (Å²) < 4.78 is 31.9. The summed E-state index contributed by atoms with van der Waals surface area (Å²) in [5, 5.41) is 0. The number of morpholine rings is 1. The van der Waals surface area contributed by atoms with Crippen LogP contribution in [-0.2, 0) is 14.0 Å². The Kier molecular flexibility index (Phi) is 4.97. The smallest absolute Gasteiger partial charge is 0.398 e. The molecule has 4 nitrogen and oxygen atoms in total. The number of ether oxygens (including phenoxy) is 1. The fourth-order valence-electron chi connectivity index (χ4n) is 3.00. The van der Waals surface area contributed by atoms with Gasteiger partial charge in [-0.2, -0.15) is 0 Å². The van der Waals surface area contributed by atoms with Gasteiger partial charge in [0.2, 0.25) is 0 Å². The Hall–Kier alpha value is -1.37. The fourth-order valence-corrected chi connectivity index (χ4v) is 3.00. The first-order valence-electron chi connectivity index (χ1n) is 8.86. The molecule has 0 aliphatic carbocycles. The van der Waals surface area contributed by atoms with Gasteiger partial charge < -0.3 is 18.9 Å². The lowest BCUT2D eigenvalue weighted by atomic mass is 9.83. The van der Waals surface area contributed by atoms with E-state index in [1.165, 1.54) is 0 Å². The molecule has 1 aromatic rings. The summed E-state index contributed by atoms with van der Waals surface area (Å²) in [6, 6.07) is 7.96. The number of benzene rings is 1. The normalized spacial score (nSPS) is 23.6. The third-order valence-corrected chi connectivity index (χ3v) is 5.49. The molecule has 2 heterocycles. The number of nitrogens with zero attached hydrogens (tertiary/aromatic N) is 1. The molecule has 0 amide bonds. The van der Waals surface area contributed by atoms with Gasteiger partial charge in [-0.05, 0) is 57.9 Å². The molecule has 2 aliphatic heterocycles. The molecule has 2 saturated heterocycles. The topological polar surface area (TPSA) is 30.9 Å². The van der Waals surface area contributed by atoms with Gasteiger partial charge in [0.1, 0.15) is 5.73 Å². The Morgan fingerprint density at radius 3 is 2.04 bits per heavy atom. The molecule has 1 aromatic carbocycles. The van der Waals surface area contributed by atoms with Crippen LogP contribution in [0.4, 0.5) is 10.1 Å². The van der Waals surface area contributed by atoms with E-state index in [1.807, 2.05) is 52.0 Å². The van der Waals surface area contributed by atoms with Crippen molar-refractivity contribution >= 4 is 18.4 Å². The van der Waals surface area contributed by atoms with Gasteiger partial charge in [-0.1, -0.05) is 12.1 Å². The molecular weight excluding hydrogens is 320 g/mol. The number of hydrogen-bond acceptors (Lipinski definition) is 4. The molecule has 2 fully saturated rings. The highest BCUT2D eigenvalue weighted by molar-refractivity contribution is 6.55. The van der Waals surface area contributed by atoms with Gasteiger partial charge in [0, 0.05) is 18.8 Å².